The van der Waals surface area contributed by atoms with Crippen molar-refractivity contribution in [3.8, 4) is 34.4 Å². The van der Waals surface area contributed by atoms with E-state index in [1.54, 1.807) is 0 Å². The van der Waals surface area contributed by atoms with Crippen LogP contribution in [-0.2, 0) is 60.4 Å². The predicted octanol–water partition coefficient (Wildman–Crippen LogP) is 13.1. The molecule has 0 atom stereocenters. The number of aromatic nitrogens is 2. The molecule has 8 nitrogen and oxygen atoms in total. The summed E-state index contributed by atoms with van der Waals surface area (Å²) in [7, 11) is 0. The minimum atomic E-state index is -0.355. The van der Waals surface area contributed by atoms with Crippen molar-refractivity contribution in [2.45, 2.75) is 209 Å². The van der Waals surface area contributed by atoms with E-state index in [4.69, 9.17) is 18.8 Å². The minimum Gasteiger partial charge on any atom is -0.871 e. The second-order valence-corrected chi connectivity index (χ2v) is 26.3. The Balaban J connectivity index is 0.000000280. The van der Waals surface area contributed by atoms with Crippen LogP contribution in [0.2, 0.25) is 0 Å². The number of nitrogens with zero attached hydrogens (tertiary/aromatic N) is 2. The third-order valence-corrected chi connectivity index (χ3v) is 12.2. The fourth-order valence-corrected chi connectivity index (χ4v) is 8.24. The van der Waals surface area contributed by atoms with E-state index in [1.807, 2.05) is 107 Å². The molecule has 9 heteroatoms. The van der Waals surface area contributed by atoms with Gasteiger partial charge in [-0.1, -0.05) is 190 Å². The van der Waals surface area contributed by atoms with Gasteiger partial charge in [-0.25, -0.2) is 9.97 Å². The van der Waals surface area contributed by atoms with Gasteiger partial charge in [-0.15, -0.1) is 0 Å². The molecule has 65 heavy (non-hydrogen) atoms. The molecule has 0 fully saturated rings. The second kappa shape index (κ2) is 16.5. The number of hydrogen-bond acceptors (Lipinski definition) is 8. The molecule has 2 aliphatic heterocycles. The zero-order valence-electron chi connectivity index (χ0n) is 44.0. The number of rotatable bonds is 0. The Hall–Kier alpha value is -4.20. The van der Waals surface area contributed by atoms with E-state index in [2.05, 4.69) is 83.1 Å². The first-order valence-electron chi connectivity index (χ1n) is 22.8. The van der Waals surface area contributed by atoms with E-state index in [-0.39, 0.29) is 105 Å². The minimum absolute atomic E-state index is 0. The molecule has 1 radical (unpaired) electrons. The first-order valence-corrected chi connectivity index (χ1v) is 22.8. The molecule has 353 valence electrons. The zero-order chi connectivity index (χ0) is 49.2. The summed E-state index contributed by atoms with van der Waals surface area (Å²) in [6.45, 7) is 49.5. The summed E-state index contributed by atoms with van der Waals surface area (Å²) in [5.74, 6) is 0.640. The summed E-state index contributed by atoms with van der Waals surface area (Å²) in [4.78, 5) is 36.6. The molecule has 2 aliphatic carbocycles. The van der Waals surface area contributed by atoms with E-state index >= 15 is 0 Å². The molecule has 0 amide bonds. The quantitative estimate of drug-likeness (QED) is 0.109. The maximum Gasteiger partial charge on any atom is 2.00 e. The molecule has 2 aromatic rings. The molecule has 0 saturated heterocycles. The van der Waals surface area contributed by atoms with Gasteiger partial charge in [0.25, 0.3) is 0 Å². The fourth-order valence-electron chi connectivity index (χ4n) is 8.24. The SMILES string of the molecule is CC(C)(C)c1cc(C(C)(C)C)c(=O)c2nc3c([O-])c(C(C)(C)C)cc(C(C)(C)C)c3oc1-2.CC(C)(C)c1cc(C(C)(C)C)c(=O)c2nc3c([O-])c(C(C)(C)C)cc(C(C)(C)C)c3oc1-2.[Mn+2]. The summed E-state index contributed by atoms with van der Waals surface area (Å²) in [5, 5.41) is 27.1. The van der Waals surface area contributed by atoms with Crippen LogP contribution in [0.15, 0.2) is 42.7 Å². The molecule has 0 aromatic heterocycles. The van der Waals surface area contributed by atoms with Gasteiger partial charge < -0.3 is 19.0 Å². The van der Waals surface area contributed by atoms with E-state index in [9.17, 15) is 19.8 Å². The molecule has 0 unspecified atom stereocenters. The Morgan fingerprint density at radius 2 is 0.569 bits per heavy atom. The molecule has 0 spiro atoms. The monoisotopic (exact) mass is 928 g/mol. The molecule has 0 bridgehead atoms. The smallest absolute Gasteiger partial charge is 0.871 e. The van der Waals surface area contributed by atoms with Gasteiger partial charge in [0.15, 0.2) is 34.1 Å². The molecule has 2 aromatic carbocycles. The predicted molar refractivity (Wildman–Crippen MR) is 262 cm³/mol. The number of benzene rings is 4. The average Bonchev–Trinajstić information content (AvgIpc) is 3.07. The van der Waals surface area contributed by atoms with Crippen molar-refractivity contribution in [1.82, 2.24) is 9.97 Å². The number of hydrogen-bond donors (Lipinski definition) is 0. The van der Waals surface area contributed by atoms with Crippen LogP contribution in [0.25, 0.3) is 45.1 Å². The first-order chi connectivity index (χ1) is 28.5. The Morgan fingerprint density at radius 3 is 0.785 bits per heavy atom. The third-order valence-electron chi connectivity index (χ3n) is 12.2. The third kappa shape index (κ3) is 10.2. The molecule has 6 rings (SSSR count). The van der Waals surface area contributed by atoms with Crippen LogP contribution >= 0.6 is 0 Å². The van der Waals surface area contributed by atoms with Crippen molar-refractivity contribution in [3.63, 3.8) is 0 Å². The molecular formula is C56H76MnN2O6. The van der Waals surface area contributed by atoms with Gasteiger partial charge in [0.05, 0.1) is 11.0 Å². The Bertz CT molecular complexity index is 2640. The summed E-state index contributed by atoms with van der Waals surface area (Å²) in [5.41, 5.74) is 5.62. The van der Waals surface area contributed by atoms with E-state index in [0.717, 1.165) is 22.3 Å². The van der Waals surface area contributed by atoms with Crippen molar-refractivity contribution >= 4 is 22.2 Å². The topological polar surface area (TPSA) is 132 Å². The van der Waals surface area contributed by atoms with Gasteiger partial charge in [-0.05, 0) is 66.6 Å². The van der Waals surface area contributed by atoms with Gasteiger partial charge in [0.2, 0.25) is 10.9 Å². The van der Waals surface area contributed by atoms with E-state index < -0.39 is 0 Å². The summed E-state index contributed by atoms with van der Waals surface area (Å²) in [6.07, 6.45) is 0. The second-order valence-electron chi connectivity index (χ2n) is 26.3. The van der Waals surface area contributed by atoms with Crippen molar-refractivity contribution in [1.29, 1.82) is 0 Å². The Labute approximate surface area is 399 Å². The zero-order valence-corrected chi connectivity index (χ0v) is 45.2. The van der Waals surface area contributed by atoms with E-state index in [1.165, 1.54) is 0 Å². The van der Waals surface area contributed by atoms with Crippen LogP contribution in [0.5, 0.6) is 11.5 Å². The average molecular weight is 928 g/mol. The van der Waals surface area contributed by atoms with Gasteiger partial charge in [-0.2, -0.15) is 0 Å². The van der Waals surface area contributed by atoms with Crippen LogP contribution in [0.3, 0.4) is 0 Å². The van der Waals surface area contributed by atoms with Crippen molar-refractivity contribution in [2.24, 2.45) is 0 Å². The van der Waals surface area contributed by atoms with E-state index in [0.29, 0.717) is 44.9 Å². The summed E-state index contributed by atoms with van der Waals surface area (Å²) in [6, 6.07) is 7.89. The maximum atomic E-state index is 13.5. The largest absolute Gasteiger partial charge is 2.00 e. The molecule has 2 heterocycles. The molecular weight excluding hydrogens is 852 g/mol. The molecule has 0 saturated carbocycles. The normalized spacial score (nSPS) is 13.7. The van der Waals surface area contributed by atoms with Crippen LogP contribution in [0.1, 0.15) is 211 Å². The Kier molecular flexibility index (Phi) is 13.6. The van der Waals surface area contributed by atoms with Crippen molar-refractivity contribution in [2.75, 3.05) is 0 Å². The van der Waals surface area contributed by atoms with Crippen LogP contribution in [0.4, 0.5) is 0 Å². The number of fused-ring (bicyclic) bond motifs is 4. The summed E-state index contributed by atoms with van der Waals surface area (Å²) >= 11 is 0. The van der Waals surface area contributed by atoms with Gasteiger partial charge in [0, 0.05) is 33.4 Å². The fraction of sp³-hybridized carbons (Fsp3) is 0.571. The van der Waals surface area contributed by atoms with Gasteiger partial charge in [-0.3, -0.25) is 9.59 Å². The van der Waals surface area contributed by atoms with Crippen LogP contribution in [-0.4, -0.2) is 9.97 Å². The van der Waals surface area contributed by atoms with Crippen molar-refractivity contribution < 1.29 is 36.1 Å². The van der Waals surface area contributed by atoms with Crippen molar-refractivity contribution in [3.05, 3.63) is 89.2 Å². The summed E-state index contributed by atoms with van der Waals surface area (Å²) < 4.78 is 13.0. The van der Waals surface area contributed by atoms with Crippen LogP contribution in [0, 0.1) is 0 Å². The molecule has 4 aliphatic rings. The Morgan fingerprint density at radius 1 is 0.354 bits per heavy atom. The first kappa shape index (κ1) is 53.4. The standard InChI is InChI=1S/2C28H39NO3.Mn/c2*1-25(2,3)15-13-17(27(7,8)9)23-19(21(15)30)29-20-22(31)16(26(4,5)6)14-18(24(20)32-23)28(10,11)12;/h2*13-14,30H,1-12H3;/q;;+2/p-2. The van der Waals surface area contributed by atoms with Gasteiger partial charge >= 0.3 is 17.1 Å². The maximum absolute atomic E-state index is 13.5. The van der Waals surface area contributed by atoms with Crippen LogP contribution < -0.4 is 21.1 Å². The van der Waals surface area contributed by atoms with Gasteiger partial charge in [0.1, 0.15) is 0 Å². The molecule has 0 N–H and O–H groups in total.